The summed E-state index contributed by atoms with van der Waals surface area (Å²) in [5, 5.41) is 6.72. The summed E-state index contributed by atoms with van der Waals surface area (Å²) in [7, 11) is 0. The average molecular weight is 475 g/mol. The fourth-order valence-electron chi connectivity index (χ4n) is 4.86. The molecule has 1 aliphatic heterocycles. The van der Waals surface area contributed by atoms with Crippen LogP contribution in [-0.2, 0) is 9.63 Å². The molecule has 2 aliphatic rings. The first kappa shape index (κ1) is 22.9. The van der Waals surface area contributed by atoms with Gasteiger partial charge in [0.1, 0.15) is 17.2 Å². The second-order valence-corrected chi connectivity index (χ2v) is 9.08. The first-order chi connectivity index (χ1) is 16.9. The zero-order chi connectivity index (χ0) is 24.6. The van der Waals surface area contributed by atoms with Crippen LogP contribution in [0.3, 0.4) is 0 Å². The van der Waals surface area contributed by atoms with Crippen molar-refractivity contribution in [3.63, 3.8) is 0 Å². The van der Waals surface area contributed by atoms with Gasteiger partial charge in [-0.2, -0.15) is 0 Å². The first-order valence-corrected chi connectivity index (χ1v) is 11.7. The number of Topliss-reactive ketones (excluding diaryl/α,β-unsaturated/α-hetero) is 1. The third kappa shape index (κ3) is 4.22. The summed E-state index contributed by atoms with van der Waals surface area (Å²) in [5.41, 5.74) is 2.63. The second-order valence-electron chi connectivity index (χ2n) is 9.08. The van der Waals surface area contributed by atoms with Crippen LogP contribution in [0.2, 0.25) is 0 Å². The lowest BCUT2D eigenvalue weighted by molar-refractivity contribution is -0.136. The molecule has 0 radical (unpaired) electrons. The van der Waals surface area contributed by atoms with Gasteiger partial charge in [0.25, 0.3) is 5.91 Å². The largest absolute Gasteiger partial charge is 0.380 e. The SMILES string of the molecule is Cc1cc(NC(=O)c2c(F)cccc2F)ccc1-c1cccc(C2=NOC3(CCCCC3)C2=O)c1. The molecule has 178 valence electrons. The van der Waals surface area contributed by atoms with Crippen LogP contribution in [0, 0.1) is 18.6 Å². The number of oxime groups is 1. The Morgan fingerprint density at radius 1 is 0.943 bits per heavy atom. The molecule has 1 N–H and O–H groups in total. The fraction of sp³-hybridized carbons (Fsp3) is 0.250. The molecule has 0 aromatic heterocycles. The lowest BCUT2D eigenvalue weighted by Crippen LogP contribution is -2.41. The van der Waals surface area contributed by atoms with Crippen molar-refractivity contribution < 1.29 is 23.2 Å². The Hall–Kier alpha value is -3.87. The number of benzene rings is 3. The van der Waals surface area contributed by atoms with Crippen molar-refractivity contribution in [2.45, 2.75) is 44.6 Å². The molecule has 5 nitrogen and oxygen atoms in total. The van der Waals surface area contributed by atoms with Gasteiger partial charge in [0.2, 0.25) is 11.4 Å². The molecule has 7 heteroatoms. The Labute approximate surface area is 201 Å². The molecule has 5 rings (SSSR count). The van der Waals surface area contributed by atoms with Crippen LogP contribution in [0.1, 0.15) is 53.6 Å². The number of halogens is 2. The number of aryl methyl sites for hydroxylation is 1. The van der Waals surface area contributed by atoms with Crippen molar-refractivity contribution in [3.8, 4) is 11.1 Å². The van der Waals surface area contributed by atoms with Crippen LogP contribution in [0.5, 0.6) is 0 Å². The molecule has 3 aromatic rings. The van der Waals surface area contributed by atoms with Gasteiger partial charge in [0.05, 0.1) is 0 Å². The highest BCUT2D eigenvalue weighted by Gasteiger charge is 2.48. The lowest BCUT2D eigenvalue weighted by Gasteiger charge is -2.28. The molecular weight excluding hydrogens is 450 g/mol. The highest BCUT2D eigenvalue weighted by atomic mass is 19.1. The van der Waals surface area contributed by atoms with E-state index in [2.05, 4.69) is 10.5 Å². The predicted octanol–water partition coefficient (Wildman–Crippen LogP) is 6.20. The third-order valence-corrected chi connectivity index (χ3v) is 6.72. The summed E-state index contributed by atoms with van der Waals surface area (Å²) in [4.78, 5) is 31.3. The number of anilines is 1. The van der Waals surface area contributed by atoms with E-state index in [4.69, 9.17) is 4.84 Å². The fourth-order valence-corrected chi connectivity index (χ4v) is 4.86. The Bertz CT molecular complexity index is 1340. The van der Waals surface area contributed by atoms with Gasteiger partial charge in [-0.05, 0) is 79.6 Å². The standard InChI is InChI=1S/C28H24F2N2O3/c1-17-15-20(31-27(34)24-22(29)9-6-10-23(24)30)11-12-21(17)18-7-5-8-19(16-18)25-26(33)28(35-32-25)13-3-2-4-14-28/h5-12,15-16H,2-4,13-14H2,1H3,(H,31,34). The molecule has 0 bridgehead atoms. The molecule has 1 amide bonds. The summed E-state index contributed by atoms with van der Waals surface area (Å²) in [6.45, 7) is 1.87. The summed E-state index contributed by atoms with van der Waals surface area (Å²) in [6.07, 6.45) is 4.41. The molecule has 0 atom stereocenters. The normalized spacial score (nSPS) is 16.7. The Balaban J connectivity index is 1.37. The summed E-state index contributed by atoms with van der Waals surface area (Å²) < 4.78 is 27.9. The monoisotopic (exact) mass is 474 g/mol. The van der Waals surface area contributed by atoms with Crippen molar-refractivity contribution in [1.82, 2.24) is 0 Å². The zero-order valence-corrected chi connectivity index (χ0v) is 19.2. The highest BCUT2D eigenvalue weighted by molar-refractivity contribution is 6.49. The topological polar surface area (TPSA) is 67.8 Å². The highest BCUT2D eigenvalue weighted by Crippen LogP contribution is 2.38. The van der Waals surface area contributed by atoms with Gasteiger partial charge < -0.3 is 10.2 Å². The summed E-state index contributed by atoms with van der Waals surface area (Å²) in [5.74, 6) is -2.75. The van der Waals surface area contributed by atoms with E-state index >= 15 is 0 Å². The van der Waals surface area contributed by atoms with Crippen molar-refractivity contribution in [1.29, 1.82) is 0 Å². The molecule has 1 fully saturated rings. The van der Waals surface area contributed by atoms with Crippen molar-refractivity contribution >= 4 is 23.1 Å². The quantitative estimate of drug-likeness (QED) is 0.490. The van der Waals surface area contributed by atoms with E-state index in [1.54, 1.807) is 12.1 Å². The zero-order valence-electron chi connectivity index (χ0n) is 19.2. The van der Waals surface area contributed by atoms with Gasteiger partial charge in [0, 0.05) is 11.3 Å². The Morgan fingerprint density at radius 2 is 1.63 bits per heavy atom. The van der Waals surface area contributed by atoms with E-state index in [1.807, 2.05) is 37.3 Å². The van der Waals surface area contributed by atoms with Gasteiger partial charge in [-0.15, -0.1) is 0 Å². The molecule has 0 saturated heterocycles. The van der Waals surface area contributed by atoms with Crippen LogP contribution in [0.15, 0.2) is 65.8 Å². The number of rotatable bonds is 4. The molecule has 1 spiro atoms. The smallest absolute Gasteiger partial charge is 0.261 e. The van der Waals surface area contributed by atoms with Gasteiger partial charge in [0.15, 0.2) is 5.71 Å². The summed E-state index contributed by atoms with van der Waals surface area (Å²) in [6, 6.07) is 16.0. The average Bonchev–Trinajstić information content (AvgIpc) is 3.15. The Morgan fingerprint density at radius 3 is 2.34 bits per heavy atom. The minimum absolute atomic E-state index is 0.0514. The minimum Gasteiger partial charge on any atom is -0.380 e. The maximum Gasteiger partial charge on any atom is 0.261 e. The number of carbonyl (C=O) groups is 2. The molecule has 35 heavy (non-hydrogen) atoms. The number of hydrogen-bond acceptors (Lipinski definition) is 4. The van der Waals surface area contributed by atoms with E-state index in [1.165, 1.54) is 6.07 Å². The van der Waals surface area contributed by atoms with E-state index in [0.29, 0.717) is 29.8 Å². The van der Waals surface area contributed by atoms with Crippen LogP contribution in [0.25, 0.3) is 11.1 Å². The van der Waals surface area contributed by atoms with E-state index < -0.39 is 28.7 Å². The molecule has 1 aliphatic carbocycles. The lowest BCUT2D eigenvalue weighted by atomic mass is 9.79. The molecule has 1 heterocycles. The molecule has 1 saturated carbocycles. The number of nitrogens with zero attached hydrogens (tertiary/aromatic N) is 1. The first-order valence-electron chi connectivity index (χ1n) is 11.7. The van der Waals surface area contributed by atoms with Crippen molar-refractivity contribution in [3.05, 3.63) is 89.0 Å². The van der Waals surface area contributed by atoms with Crippen LogP contribution < -0.4 is 5.32 Å². The van der Waals surface area contributed by atoms with Crippen molar-refractivity contribution in [2.24, 2.45) is 5.16 Å². The summed E-state index contributed by atoms with van der Waals surface area (Å²) >= 11 is 0. The third-order valence-electron chi connectivity index (χ3n) is 6.72. The number of hydrogen-bond donors (Lipinski definition) is 1. The van der Waals surface area contributed by atoms with Gasteiger partial charge in [-0.25, -0.2) is 8.78 Å². The van der Waals surface area contributed by atoms with Gasteiger partial charge in [-0.3, -0.25) is 9.59 Å². The second kappa shape index (κ2) is 9.06. The number of amides is 1. The maximum absolute atomic E-state index is 13.9. The van der Waals surface area contributed by atoms with E-state index in [-0.39, 0.29) is 5.78 Å². The van der Waals surface area contributed by atoms with Gasteiger partial charge in [-0.1, -0.05) is 41.9 Å². The number of carbonyl (C=O) groups excluding carboxylic acids is 2. The van der Waals surface area contributed by atoms with E-state index in [0.717, 1.165) is 48.1 Å². The Kier molecular flexibility index (Phi) is 5.93. The van der Waals surface area contributed by atoms with Crippen LogP contribution in [-0.4, -0.2) is 23.0 Å². The van der Waals surface area contributed by atoms with E-state index in [9.17, 15) is 18.4 Å². The van der Waals surface area contributed by atoms with Crippen LogP contribution in [0.4, 0.5) is 14.5 Å². The van der Waals surface area contributed by atoms with Crippen LogP contribution >= 0.6 is 0 Å². The molecule has 3 aromatic carbocycles. The molecular formula is C28H24F2N2O3. The maximum atomic E-state index is 13.9. The predicted molar refractivity (Wildman–Crippen MR) is 129 cm³/mol. The molecule has 0 unspecified atom stereocenters. The van der Waals surface area contributed by atoms with Crippen molar-refractivity contribution in [2.75, 3.05) is 5.32 Å². The van der Waals surface area contributed by atoms with Gasteiger partial charge >= 0.3 is 0 Å². The number of nitrogens with one attached hydrogen (secondary N) is 1. The minimum atomic E-state index is -0.920. The number of ketones is 1.